The molecule has 4 unspecified atom stereocenters. The Bertz CT molecular complexity index is 2730. The fourth-order valence-corrected chi connectivity index (χ4v) is 12.2. The molecule has 0 aliphatic heterocycles. The third-order valence-electron chi connectivity index (χ3n) is 12.8. The zero-order chi connectivity index (χ0) is 43.1. The maximum atomic E-state index is 14.6. The number of nitrogens with two attached hydrogens (primary N) is 2. The van der Waals surface area contributed by atoms with Crippen molar-refractivity contribution >= 4 is 60.4 Å². The van der Waals surface area contributed by atoms with Gasteiger partial charge in [0, 0.05) is 22.7 Å². The topological polar surface area (TPSA) is 223 Å². The average molecular weight is 873 g/mol. The molecular weight excluding hydrogens is 821 g/mol. The van der Waals surface area contributed by atoms with Gasteiger partial charge in [0.1, 0.15) is 24.7 Å². The molecule has 0 saturated carbocycles. The molecule has 8 rings (SSSR count). The first-order valence-electron chi connectivity index (χ1n) is 20.2. The molecule has 4 aliphatic carbocycles. The number of hydrogen-bond acceptors (Lipinski definition) is 9. The lowest BCUT2D eigenvalue weighted by atomic mass is 9.86. The summed E-state index contributed by atoms with van der Waals surface area (Å²) in [6.45, 7) is 7.23. The van der Waals surface area contributed by atoms with E-state index in [0.29, 0.717) is 42.6 Å². The van der Waals surface area contributed by atoms with Gasteiger partial charge in [-0.15, -0.1) is 20.1 Å². The Balaban J connectivity index is 1.04. The molecule has 7 N–H and O–H groups in total. The molecule has 0 saturated heterocycles. The molecular formula is C43H52N8O6S3. The average Bonchev–Trinajstić information content (AvgIpc) is 4.01. The van der Waals surface area contributed by atoms with Crippen LogP contribution in [0.5, 0.6) is 0 Å². The Morgan fingerprint density at radius 2 is 1.40 bits per heavy atom. The van der Waals surface area contributed by atoms with Gasteiger partial charge in [-0.2, -0.15) is 0 Å². The van der Waals surface area contributed by atoms with Crippen LogP contribution in [0.1, 0.15) is 100 Å². The second-order valence-electron chi connectivity index (χ2n) is 17.7. The summed E-state index contributed by atoms with van der Waals surface area (Å²) in [5, 5.41) is 28.8. The Morgan fingerprint density at radius 1 is 0.817 bits per heavy atom. The molecule has 14 nitrogen and oxygen atoms in total. The molecule has 318 valence electrons. The lowest BCUT2D eigenvalue weighted by Crippen LogP contribution is -2.35. The van der Waals surface area contributed by atoms with Crippen LogP contribution >= 0.6 is 11.3 Å². The molecule has 0 spiro atoms. The number of nitrogens with zero attached hydrogens (tertiary/aromatic N) is 4. The van der Waals surface area contributed by atoms with E-state index < -0.39 is 37.5 Å². The number of aryl methyl sites for hydroxylation is 2. The van der Waals surface area contributed by atoms with Crippen LogP contribution in [0.25, 0.3) is 0 Å². The van der Waals surface area contributed by atoms with Gasteiger partial charge in [-0.1, -0.05) is 24.3 Å². The Kier molecular flexibility index (Phi) is 10.7. The molecule has 4 aliphatic rings. The largest absolute Gasteiger partial charge is 0.383 e. The summed E-state index contributed by atoms with van der Waals surface area (Å²) in [6.07, 6.45) is 7.84. The summed E-state index contributed by atoms with van der Waals surface area (Å²) in [6, 6.07) is 9.61. The number of aliphatic hydroxyl groups is 1. The first-order chi connectivity index (χ1) is 28.1. The molecule has 1 aromatic heterocycles. The molecule has 4 aromatic rings. The number of hydrogen-bond donors (Lipinski definition) is 5. The van der Waals surface area contributed by atoms with Crippen molar-refractivity contribution in [3.05, 3.63) is 97.7 Å². The minimum absolute atomic E-state index is 0.0525. The maximum absolute atomic E-state index is 14.6. The molecule has 3 aromatic carbocycles. The van der Waals surface area contributed by atoms with Crippen molar-refractivity contribution < 1.29 is 27.9 Å². The summed E-state index contributed by atoms with van der Waals surface area (Å²) in [4.78, 5) is 48.1. The molecule has 60 heavy (non-hydrogen) atoms. The van der Waals surface area contributed by atoms with Crippen LogP contribution in [0.3, 0.4) is 0 Å². The molecule has 1 heterocycles. The number of urea groups is 2. The Labute approximate surface area is 355 Å². The number of thiazole rings is 1. The van der Waals surface area contributed by atoms with E-state index in [1.807, 2.05) is 26.2 Å². The number of rotatable bonds is 8. The van der Waals surface area contributed by atoms with Crippen molar-refractivity contribution in [2.45, 2.75) is 106 Å². The number of fused-ring (bicyclic) bond motifs is 4. The fourth-order valence-electron chi connectivity index (χ4n) is 9.20. The third kappa shape index (κ3) is 7.73. The molecule has 0 fully saturated rings. The van der Waals surface area contributed by atoms with Crippen molar-refractivity contribution in [1.82, 2.24) is 9.88 Å². The van der Waals surface area contributed by atoms with E-state index in [4.69, 9.17) is 10.3 Å². The van der Waals surface area contributed by atoms with E-state index in [2.05, 4.69) is 55.2 Å². The van der Waals surface area contributed by atoms with E-state index in [1.165, 1.54) is 6.20 Å². The summed E-state index contributed by atoms with van der Waals surface area (Å²) in [5.74, 6) is -0.541. The van der Waals surface area contributed by atoms with E-state index >= 15 is 0 Å². The highest BCUT2D eigenvalue weighted by Crippen LogP contribution is 2.48. The molecule has 0 bridgehead atoms. The maximum Gasteiger partial charge on any atom is 0.354 e. The number of carbonyl (C=O) groups is 3. The van der Waals surface area contributed by atoms with Gasteiger partial charge in [0.25, 0.3) is 0 Å². The van der Waals surface area contributed by atoms with Crippen LogP contribution < -0.4 is 20.9 Å². The van der Waals surface area contributed by atoms with Gasteiger partial charge < -0.3 is 20.6 Å². The minimum Gasteiger partial charge on any atom is -0.383 e. The van der Waals surface area contributed by atoms with Gasteiger partial charge in [-0.3, -0.25) is 4.79 Å². The normalized spacial score (nSPS) is 20.2. The van der Waals surface area contributed by atoms with E-state index in [9.17, 15) is 27.9 Å². The van der Waals surface area contributed by atoms with Gasteiger partial charge >= 0.3 is 12.1 Å². The molecule has 4 amide bonds. The van der Waals surface area contributed by atoms with Gasteiger partial charge in [-0.25, -0.2) is 33.3 Å². The van der Waals surface area contributed by atoms with Crippen molar-refractivity contribution in [1.29, 1.82) is 0 Å². The van der Waals surface area contributed by atoms with Crippen LogP contribution in [-0.4, -0.2) is 55.3 Å². The standard InChI is InChI=1S/C43H52N8O6S3/c1-42(2,51(5)6)28-13-15-29(16-14-28)59(44,56)49-40(53)47-36-30-11-7-9-23(30)17-25-19-26(20-32(25)36)33-21-27-18-24-10-8-12-31(24)37(35(27)38(33)52)48-41(54)50-60(45,57)34-22-46-39(58-34)43(3,4)55/h13-18,22,26,33,55H,7-12,19-21H2,1-6H3,(H3,44,47,49,53,56)(H3,45,48,50,54,57). The van der Waals surface area contributed by atoms with Crippen LogP contribution in [0, 0.1) is 11.8 Å². The van der Waals surface area contributed by atoms with Crippen molar-refractivity contribution in [2.24, 2.45) is 30.8 Å². The van der Waals surface area contributed by atoms with E-state index in [1.54, 1.807) is 26.0 Å². The van der Waals surface area contributed by atoms with Gasteiger partial charge in [0.2, 0.25) is 0 Å². The number of carbonyl (C=O) groups excluding carboxylic acids is 3. The van der Waals surface area contributed by atoms with Crippen LogP contribution in [0.15, 0.2) is 60.4 Å². The number of aromatic nitrogens is 1. The van der Waals surface area contributed by atoms with Gasteiger partial charge in [0.15, 0.2) is 15.7 Å². The highest BCUT2D eigenvalue weighted by atomic mass is 32.2. The monoisotopic (exact) mass is 872 g/mol. The summed E-state index contributed by atoms with van der Waals surface area (Å²) >= 11 is 0.921. The Morgan fingerprint density at radius 3 is 2.00 bits per heavy atom. The highest BCUT2D eigenvalue weighted by molar-refractivity contribution is 7.93. The predicted octanol–water partition coefficient (Wildman–Crippen LogP) is 6.78. The van der Waals surface area contributed by atoms with Crippen LogP contribution in [0.4, 0.5) is 21.0 Å². The number of amides is 4. The Hall–Kier alpha value is -4.36. The number of Topliss-reactive ketones (excluding diaryl/α,β-unsaturated/α-hetero) is 1. The lowest BCUT2D eigenvalue weighted by Gasteiger charge is -2.33. The number of anilines is 2. The van der Waals surface area contributed by atoms with Crippen LogP contribution in [-0.2, 0) is 75.9 Å². The predicted molar refractivity (Wildman–Crippen MR) is 234 cm³/mol. The van der Waals surface area contributed by atoms with Crippen molar-refractivity contribution in [3.63, 3.8) is 0 Å². The number of ketones is 1. The second kappa shape index (κ2) is 15.2. The highest BCUT2D eigenvalue weighted by Gasteiger charge is 2.43. The van der Waals surface area contributed by atoms with Crippen LogP contribution in [0.2, 0.25) is 0 Å². The first kappa shape index (κ1) is 42.3. The molecule has 17 heteroatoms. The quantitative estimate of drug-likeness (QED) is 0.127. The van der Waals surface area contributed by atoms with Gasteiger partial charge in [0.05, 0.1) is 16.8 Å². The molecule has 4 atom stereocenters. The SMILES string of the molecule is CN(C)C(C)(C)c1ccc(S(N)(=O)=NC(=O)Nc2c3c(cc4c2CC(C2Cc5cc6c(c(NC(=O)N=S(N)(=O)c7cnc(C(C)(C)O)s7)c5C2=O)CCC6)C4)CCC3)cc1. The van der Waals surface area contributed by atoms with Gasteiger partial charge in [-0.05, 0) is 162 Å². The fraction of sp³-hybridized carbons (Fsp3) is 0.442. The lowest BCUT2D eigenvalue weighted by molar-refractivity contribution is 0.0782. The number of benzene rings is 3. The van der Waals surface area contributed by atoms with Crippen molar-refractivity contribution in [3.8, 4) is 0 Å². The second-order valence-corrected chi connectivity index (χ2v) is 22.5. The zero-order valence-electron chi connectivity index (χ0n) is 34.7. The van der Waals surface area contributed by atoms with E-state index in [0.717, 1.165) is 87.9 Å². The summed E-state index contributed by atoms with van der Waals surface area (Å²) in [7, 11) is -3.30. The summed E-state index contributed by atoms with van der Waals surface area (Å²) < 4.78 is 35.1. The summed E-state index contributed by atoms with van der Waals surface area (Å²) in [5.41, 5.74) is 7.96. The molecule has 0 radical (unpaired) electrons. The minimum atomic E-state index is -3.70. The smallest absolute Gasteiger partial charge is 0.354 e. The van der Waals surface area contributed by atoms with E-state index in [-0.39, 0.29) is 37.3 Å². The third-order valence-corrected chi connectivity index (χ3v) is 17.4. The first-order valence-corrected chi connectivity index (χ1v) is 24.2. The number of nitrogens with one attached hydrogen (secondary N) is 2. The van der Waals surface area contributed by atoms with Crippen molar-refractivity contribution in [2.75, 3.05) is 24.7 Å². The zero-order valence-corrected chi connectivity index (χ0v) is 37.2.